The van der Waals surface area contributed by atoms with Crippen LogP contribution in [0.2, 0.25) is 0 Å². The average molecular weight is 166 g/mol. The lowest BCUT2D eigenvalue weighted by molar-refractivity contribution is -0.119. The molecular weight excluding hydrogens is 152 g/mol. The molecule has 0 aliphatic heterocycles. The normalized spacial score (nSPS) is 10.7. The minimum atomic E-state index is -2.12. The van der Waals surface area contributed by atoms with E-state index in [0.29, 0.717) is 0 Å². The zero-order valence-corrected chi connectivity index (χ0v) is 7.20. The van der Waals surface area contributed by atoms with Gasteiger partial charge in [-0.05, 0) is 0 Å². The minimum absolute atomic E-state index is 0. The molecule has 0 aromatic carbocycles. The molecule has 0 aromatic heterocycles. The van der Waals surface area contributed by atoms with Crippen LogP contribution in [0.25, 0.3) is 0 Å². The van der Waals surface area contributed by atoms with Crippen LogP contribution in [-0.4, -0.2) is 36.2 Å². The molecule has 0 unspecified atom stereocenters. The summed E-state index contributed by atoms with van der Waals surface area (Å²) in [6.07, 6.45) is 2.99. The number of rotatable bonds is 2. The number of nitrogens with zero attached hydrogens (tertiary/aromatic N) is 1. The molecule has 0 aliphatic rings. The summed E-state index contributed by atoms with van der Waals surface area (Å²) in [5.41, 5.74) is 0. The third-order valence-corrected chi connectivity index (χ3v) is 1.55. The SMILES string of the molecule is CNC(=O)CN=S(C)(C)=O.[HH]. The van der Waals surface area contributed by atoms with Crippen LogP contribution in [0.3, 0.4) is 0 Å². The molecule has 0 fully saturated rings. The molecule has 0 aromatic rings. The van der Waals surface area contributed by atoms with Crippen molar-refractivity contribution in [3.63, 3.8) is 0 Å². The first-order valence-corrected chi connectivity index (χ1v) is 5.12. The third-order valence-electron chi connectivity index (χ3n) is 0.798. The summed E-state index contributed by atoms with van der Waals surface area (Å²) in [6.45, 7) is -0.0116. The molecule has 0 saturated heterocycles. The monoisotopic (exact) mass is 166 g/mol. The molecule has 0 rings (SSSR count). The van der Waals surface area contributed by atoms with E-state index in [-0.39, 0.29) is 13.9 Å². The van der Waals surface area contributed by atoms with Crippen molar-refractivity contribution in [3.05, 3.63) is 0 Å². The van der Waals surface area contributed by atoms with Gasteiger partial charge in [0, 0.05) is 30.7 Å². The maximum atomic E-state index is 10.9. The lowest BCUT2D eigenvalue weighted by Crippen LogP contribution is -2.21. The van der Waals surface area contributed by atoms with Gasteiger partial charge in [0.2, 0.25) is 5.91 Å². The van der Waals surface area contributed by atoms with Gasteiger partial charge in [-0.3, -0.25) is 9.00 Å². The van der Waals surface area contributed by atoms with E-state index in [1.165, 1.54) is 19.6 Å². The van der Waals surface area contributed by atoms with Crippen LogP contribution in [0.5, 0.6) is 0 Å². The molecule has 0 atom stereocenters. The van der Waals surface area contributed by atoms with E-state index in [4.69, 9.17) is 0 Å². The first-order chi connectivity index (χ1) is 4.45. The molecule has 62 valence electrons. The second kappa shape index (κ2) is 3.55. The van der Waals surface area contributed by atoms with E-state index in [0.717, 1.165) is 0 Å². The van der Waals surface area contributed by atoms with Crippen molar-refractivity contribution >= 4 is 15.6 Å². The van der Waals surface area contributed by atoms with Crippen LogP contribution < -0.4 is 5.32 Å². The van der Waals surface area contributed by atoms with Crippen molar-refractivity contribution in [2.75, 3.05) is 26.1 Å². The first-order valence-electron chi connectivity index (χ1n) is 2.79. The van der Waals surface area contributed by atoms with Crippen molar-refractivity contribution < 1.29 is 10.4 Å². The fourth-order valence-electron chi connectivity index (χ4n) is 0.293. The van der Waals surface area contributed by atoms with Crippen molar-refractivity contribution in [1.29, 1.82) is 0 Å². The van der Waals surface area contributed by atoms with Gasteiger partial charge in [0.1, 0.15) is 6.54 Å². The summed E-state index contributed by atoms with van der Waals surface area (Å²) < 4.78 is 14.5. The Morgan fingerprint density at radius 3 is 2.50 bits per heavy atom. The minimum Gasteiger partial charge on any atom is -0.358 e. The summed E-state index contributed by atoms with van der Waals surface area (Å²) in [5.74, 6) is -0.212. The van der Waals surface area contributed by atoms with Gasteiger partial charge < -0.3 is 5.32 Å². The summed E-state index contributed by atoms with van der Waals surface area (Å²) in [4.78, 5) is 10.5. The van der Waals surface area contributed by atoms with Gasteiger partial charge in [0.15, 0.2) is 0 Å². The molecule has 10 heavy (non-hydrogen) atoms. The molecule has 4 nitrogen and oxygen atoms in total. The zero-order chi connectivity index (χ0) is 8.20. The molecular formula is C5H14N2O2S. The Labute approximate surface area is 62.7 Å². The number of carbonyl (C=O) groups excluding carboxylic acids is 1. The van der Waals surface area contributed by atoms with Crippen LogP contribution in [0.4, 0.5) is 0 Å². The number of nitrogens with one attached hydrogen (secondary N) is 1. The lowest BCUT2D eigenvalue weighted by Gasteiger charge is -1.94. The summed E-state index contributed by atoms with van der Waals surface area (Å²) >= 11 is 0. The third kappa shape index (κ3) is 5.55. The van der Waals surface area contributed by atoms with Crippen molar-refractivity contribution in [2.45, 2.75) is 0 Å². The van der Waals surface area contributed by atoms with Crippen molar-refractivity contribution in [3.8, 4) is 0 Å². The Balaban J connectivity index is 0. The van der Waals surface area contributed by atoms with Crippen LogP contribution in [0.1, 0.15) is 1.43 Å². The zero-order valence-electron chi connectivity index (χ0n) is 6.38. The highest BCUT2D eigenvalue weighted by Gasteiger charge is 1.95. The molecule has 0 spiro atoms. The van der Waals surface area contributed by atoms with Crippen molar-refractivity contribution in [1.82, 2.24) is 5.32 Å². The average Bonchev–Trinajstić information content (AvgIpc) is 1.81. The van der Waals surface area contributed by atoms with Gasteiger partial charge in [0.25, 0.3) is 0 Å². The Morgan fingerprint density at radius 2 is 2.20 bits per heavy atom. The molecule has 0 radical (unpaired) electrons. The highest BCUT2D eigenvalue weighted by atomic mass is 32.2. The van der Waals surface area contributed by atoms with E-state index < -0.39 is 9.73 Å². The van der Waals surface area contributed by atoms with Gasteiger partial charge in [-0.15, -0.1) is 0 Å². The van der Waals surface area contributed by atoms with E-state index >= 15 is 0 Å². The first kappa shape index (κ1) is 9.42. The summed E-state index contributed by atoms with van der Waals surface area (Å²) in [5, 5.41) is 2.38. The number of carbonyl (C=O) groups is 1. The maximum absolute atomic E-state index is 10.9. The number of likely N-dealkylation sites (N-methyl/N-ethyl adjacent to an activating group) is 1. The quantitative estimate of drug-likeness (QED) is 0.612. The molecule has 1 N–H and O–H groups in total. The van der Waals surface area contributed by atoms with E-state index in [1.54, 1.807) is 0 Å². The lowest BCUT2D eigenvalue weighted by atomic mass is 10.6. The van der Waals surface area contributed by atoms with Crippen LogP contribution in [0.15, 0.2) is 4.36 Å². The number of hydrogen-bond acceptors (Lipinski definition) is 3. The summed E-state index contributed by atoms with van der Waals surface area (Å²) in [7, 11) is -0.596. The summed E-state index contributed by atoms with van der Waals surface area (Å²) in [6, 6.07) is 0. The Hall–Kier alpha value is -0.580. The predicted molar refractivity (Wildman–Crippen MR) is 43.5 cm³/mol. The molecule has 0 bridgehead atoms. The Bertz CT molecular complexity index is 225. The van der Waals surface area contributed by atoms with Crippen molar-refractivity contribution in [2.24, 2.45) is 4.36 Å². The molecule has 0 saturated carbocycles. The molecule has 5 heteroatoms. The largest absolute Gasteiger partial charge is 0.358 e. The van der Waals surface area contributed by atoms with Crippen LogP contribution in [0, 0.1) is 0 Å². The van der Waals surface area contributed by atoms with Gasteiger partial charge >= 0.3 is 0 Å². The van der Waals surface area contributed by atoms with Gasteiger partial charge in [-0.2, -0.15) is 0 Å². The maximum Gasteiger partial charge on any atom is 0.242 e. The second-order valence-corrected chi connectivity index (χ2v) is 4.76. The van der Waals surface area contributed by atoms with Gasteiger partial charge in [-0.25, -0.2) is 4.36 Å². The van der Waals surface area contributed by atoms with E-state index in [9.17, 15) is 9.00 Å². The van der Waals surface area contributed by atoms with E-state index in [1.807, 2.05) is 0 Å². The van der Waals surface area contributed by atoms with Crippen LogP contribution >= 0.6 is 0 Å². The molecule has 0 heterocycles. The smallest absolute Gasteiger partial charge is 0.242 e. The van der Waals surface area contributed by atoms with Gasteiger partial charge in [-0.1, -0.05) is 0 Å². The van der Waals surface area contributed by atoms with E-state index in [2.05, 4.69) is 9.68 Å². The second-order valence-electron chi connectivity index (χ2n) is 2.14. The Morgan fingerprint density at radius 1 is 1.70 bits per heavy atom. The highest BCUT2D eigenvalue weighted by Crippen LogP contribution is 1.82. The van der Waals surface area contributed by atoms with Crippen LogP contribution in [-0.2, 0) is 14.5 Å². The molecule has 1 amide bonds. The highest BCUT2D eigenvalue weighted by molar-refractivity contribution is 7.92. The standard InChI is InChI=1S/C5H12N2O2S.H2/c1-6-5(8)4-7-10(2,3)9;/h4H2,1-3H3,(H,6,8);1H. The predicted octanol–water partition coefficient (Wildman–Crippen LogP) is -0.294. The fourth-order valence-corrected chi connectivity index (χ4v) is 0.721. The number of amides is 1. The Kier molecular flexibility index (Phi) is 3.35. The molecule has 0 aliphatic carbocycles. The van der Waals surface area contributed by atoms with Gasteiger partial charge in [0.05, 0.1) is 0 Å². The fraction of sp³-hybridized carbons (Fsp3) is 0.800. The topological polar surface area (TPSA) is 58.5 Å². The number of hydrogen-bond donors (Lipinski definition) is 1.